The highest BCUT2D eigenvalue weighted by Gasteiger charge is 2.22. The third kappa shape index (κ3) is 3.14. The van der Waals surface area contributed by atoms with E-state index in [1.807, 2.05) is 6.07 Å². The van der Waals surface area contributed by atoms with Gasteiger partial charge in [-0.15, -0.1) is 0 Å². The summed E-state index contributed by atoms with van der Waals surface area (Å²) in [7, 11) is -3.51. The van der Waals surface area contributed by atoms with E-state index < -0.39 is 10.0 Å². The fourth-order valence-electron chi connectivity index (χ4n) is 2.98. The van der Waals surface area contributed by atoms with Gasteiger partial charge in [-0.3, -0.25) is 9.59 Å². The molecular weight excluding hydrogens is 370 g/mol. The number of amides is 1. The average molecular weight is 385 g/mol. The largest absolute Gasteiger partial charge is 0.348 e. The summed E-state index contributed by atoms with van der Waals surface area (Å²) in [5, 5.41) is 10.9. The second-order valence-electron chi connectivity index (χ2n) is 6.21. The Kier molecular flexibility index (Phi) is 3.92. The van der Waals surface area contributed by atoms with Crippen LogP contribution >= 0.6 is 0 Å². The first-order chi connectivity index (χ1) is 12.8. The molecule has 10 heteroatoms. The molecule has 27 heavy (non-hydrogen) atoms. The summed E-state index contributed by atoms with van der Waals surface area (Å²) in [5.41, 5.74) is 2.79. The van der Waals surface area contributed by atoms with Crippen LogP contribution in [0.2, 0.25) is 0 Å². The molecule has 1 N–H and O–H groups in total. The van der Waals surface area contributed by atoms with E-state index in [-0.39, 0.29) is 23.5 Å². The molecule has 2 aromatic heterocycles. The predicted molar refractivity (Wildman–Crippen MR) is 96.3 cm³/mol. The molecule has 0 saturated carbocycles. The molecule has 3 heterocycles. The van der Waals surface area contributed by atoms with E-state index >= 15 is 0 Å². The number of carbonyl (C=O) groups is 1. The number of hydrogen-bond donors (Lipinski definition) is 1. The van der Waals surface area contributed by atoms with Crippen LogP contribution in [0.25, 0.3) is 5.69 Å². The lowest BCUT2D eigenvalue weighted by atomic mass is 9.99. The van der Waals surface area contributed by atoms with Crippen LogP contribution < -0.4 is 10.7 Å². The van der Waals surface area contributed by atoms with Gasteiger partial charge in [0.1, 0.15) is 11.4 Å². The van der Waals surface area contributed by atoms with Gasteiger partial charge >= 0.3 is 0 Å². The van der Waals surface area contributed by atoms with Gasteiger partial charge in [-0.1, -0.05) is 12.1 Å². The Morgan fingerprint density at radius 3 is 2.78 bits per heavy atom. The molecule has 0 aliphatic carbocycles. The quantitative estimate of drug-likeness (QED) is 0.679. The molecule has 9 nitrogen and oxygen atoms in total. The van der Waals surface area contributed by atoms with E-state index in [0.717, 1.165) is 21.5 Å². The molecule has 0 spiro atoms. The van der Waals surface area contributed by atoms with Gasteiger partial charge in [0, 0.05) is 30.8 Å². The van der Waals surface area contributed by atoms with Crippen LogP contribution in [0.15, 0.2) is 47.7 Å². The number of aromatic nitrogens is 4. The summed E-state index contributed by atoms with van der Waals surface area (Å²) in [6.07, 6.45) is 5.43. The van der Waals surface area contributed by atoms with Crippen molar-refractivity contribution in [2.24, 2.45) is 0 Å². The van der Waals surface area contributed by atoms with Gasteiger partial charge in [0.2, 0.25) is 5.43 Å². The molecule has 0 atom stereocenters. The Balaban J connectivity index is 1.72. The van der Waals surface area contributed by atoms with Crippen LogP contribution in [0.1, 0.15) is 27.2 Å². The number of benzene rings is 1. The zero-order valence-electron chi connectivity index (χ0n) is 14.3. The van der Waals surface area contributed by atoms with E-state index in [2.05, 4.69) is 15.5 Å². The fraction of sp³-hybridized carbons (Fsp3) is 0.176. The van der Waals surface area contributed by atoms with Crippen LogP contribution in [0, 0.1) is 0 Å². The van der Waals surface area contributed by atoms with Crippen molar-refractivity contribution in [3.63, 3.8) is 0 Å². The van der Waals surface area contributed by atoms with Crippen molar-refractivity contribution >= 4 is 15.9 Å². The van der Waals surface area contributed by atoms with E-state index in [1.165, 1.54) is 29.3 Å². The molecule has 3 aromatic rings. The molecule has 1 aromatic carbocycles. The van der Waals surface area contributed by atoms with Crippen molar-refractivity contribution in [2.75, 3.05) is 6.26 Å². The second-order valence-corrected chi connectivity index (χ2v) is 8.05. The maximum Gasteiger partial charge on any atom is 0.251 e. The van der Waals surface area contributed by atoms with Crippen molar-refractivity contribution < 1.29 is 13.2 Å². The summed E-state index contributed by atoms with van der Waals surface area (Å²) in [6.45, 7) is 0.423. The molecule has 138 valence electrons. The molecule has 0 fully saturated rings. The van der Waals surface area contributed by atoms with Crippen molar-refractivity contribution in [3.05, 3.63) is 75.5 Å². The first kappa shape index (κ1) is 17.2. The zero-order chi connectivity index (χ0) is 19.2. The highest BCUT2D eigenvalue weighted by Crippen LogP contribution is 2.21. The summed E-state index contributed by atoms with van der Waals surface area (Å²) in [6, 6.07) is 6.75. The Bertz CT molecular complexity index is 1230. The van der Waals surface area contributed by atoms with Gasteiger partial charge in [-0.2, -0.15) is 14.3 Å². The summed E-state index contributed by atoms with van der Waals surface area (Å²) >= 11 is 0. The van der Waals surface area contributed by atoms with Crippen molar-refractivity contribution in [1.82, 2.24) is 24.3 Å². The summed E-state index contributed by atoms with van der Waals surface area (Å²) < 4.78 is 25.4. The number of nitrogens with zero attached hydrogens (tertiary/aromatic N) is 4. The van der Waals surface area contributed by atoms with Crippen LogP contribution in [-0.4, -0.2) is 39.5 Å². The first-order valence-electron chi connectivity index (χ1n) is 8.06. The van der Waals surface area contributed by atoms with Crippen LogP contribution in [0.4, 0.5) is 0 Å². The lowest BCUT2D eigenvalue weighted by Crippen LogP contribution is -2.17. The zero-order valence-corrected chi connectivity index (χ0v) is 15.1. The van der Waals surface area contributed by atoms with Crippen molar-refractivity contribution in [3.8, 4) is 5.69 Å². The highest BCUT2D eigenvalue weighted by molar-refractivity contribution is 7.89. The monoisotopic (exact) mass is 385 g/mol. The van der Waals surface area contributed by atoms with E-state index in [1.54, 1.807) is 12.1 Å². The Morgan fingerprint density at radius 2 is 2.04 bits per heavy atom. The smallest absolute Gasteiger partial charge is 0.251 e. The van der Waals surface area contributed by atoms with Gasteiger partial charge in [-0.25, -0.2) is 13.1 Å². The van der Waals surface area contributed by atoms with Crippen LogP contribution in [0.3, 0.4) is 0 Å². The van der Waals surface area contributed by atoms with E-state index in [4.69, 9.17) is 0 Å². The van der Waals surface area contributed by atoms with Gasteiger partial charge in [0.05, 0.1) is 18.6 Å². The molecule has 0 bridgehead atoms. The molecule has 1 aliphatic heterocycles. The number of rotatable bonds is 4. The molecule has 4 rings (SSSR count). The predicted octanol–water partition coefficient (Wildman–Crippen LogP) is 0.0709. The summed E-state index contributed by atoms with van der Waals surface area (Å²) in [4.78, 5) is 24.1. The lowest BCUT2D eigenvalue weighted by Gasteiger charge is -2.08. The van der Waals surface area contributed by atoms with E-state index in [0.29, 0.717) is 17.8 Å². The van der Waals surface area contributed by atoms with Crippen LogP contribution in [-0.2, 0) is 23.0 Å². The molecule has 1 amide bonds. The second kappa shape index (κ2) is 6.16. The Hall–Kier alpha value is -3.27. The number of hydrogen-bond acceptors (Lipinski definition) is 6. The number of carbonyl (C=O) groups excluding carboxylic acids is 1. The Morgan fingerprint density at radius 1 is 1.22 bits per heavy atom. The highest BCUT2D eigenvalue weighted by atomic mass is 32.2. The minimum absolute atomic E-state index is 0.126. The van der Waals surface area contributed by atoms with Crippen LogP contribution in [0.5, 0.6) is 0 Å². The normalized spacial score (nSPS) is 13.4. The fourth-order valence-corrected chi connectivity index (χ4v) is 3.49. The number of fused-ring (bicyclic) bond motifs is 1. The van der Waals surface area contributed by atoms with Gasteiger partial charge in [-0.05, 0) is 17.2 Å². The maximum absolute atomic E-state index is 12.3. The lowest BCUT2D eigenvalue weighted by molar-refractivity contribution is 0.0965. The molecular formula is C17H15N5O4S. The van der Waals surface area contributed by atoms with Gasteiger partial charge in [0.25, 0.3) is 15.9 Å². The third-order valence-electron chi connectivity index (χ3n) is 4.33. The van der Waals surface area contributed by atoms with Crippen molar-refractivity contribution in [1.29, 1.82) is 0 Å². The van der Waals surface area contributed by atoms with Gasteiger partial charge in [0.15, 0.2) is 0 Å². The minimum atomic E-state index is -3.51. The van der Waals surface area contributed by atoms with E-state index in [9.17, 15) is 18.0 Å². The SMILES string of the molecule is CS(=O)(=O)n1cc(-n2ccc(=O)c(Cc3cccc4c3CNC4=O)n2)cn1. The number of nitrogens with one attached hydrogen (secondary N) is 1. The Labute approximate surface area is 154 Å². The molecule has 0 unspecified atom stereocenters. The standard InChI is InChI=1S/C17H15N5O4S/c1-27(25,26)22-10-12(8-19-22)21-6-5-16(23)15(20-21)7-11-3-2-4-13-14(11)9-18-17(13)24/h2-6,8,10H,7,9H2,1H3,(H,18,24). The molecule has 0 radical (unpaired) electrons. The first-order valence-corrected chi connectivity index (χ1v) is 9.91. The maximum atomic E-state index is 12.3. The van der Waals surface area contributed by atoms with Gasteiger partial charge < -0.3 is 5.32 Å². The van der Waals surface area contributed by atoms with Crippen molar-refractivity contribution in [2.45, 2.75) is 13.0 Å². The summed E-state index contributed by atoms with van der Waals surface area (Å²) in [5.74, 6) is -0.126. The average Bonchev–Trinajstić information content (AvgIpc) is 3.25. The molecule has 0 saturated heterocycles. The minimum Gasteiger partial charge on any atom is -0.348 e. The third-order valence-corrected chi connectivity index (χ3v) is 5.21. The molecule has 1 aliphatic rings. The topological polar surface area (TPSA) is 116 Å².